The summed E-state index contributed by atoms with van der Waals surface area (Å²) in [7, 11) is 0. The van der Waals surface area contributed by atoms with Gasteiger partial charge >= 0.3 is 6.36 Å². The molecule has 1 fully saturated rings. The summed E-state index contributed by atoms with van der Waals surface area (Å²) in [5.74, 6) is -0.797. The molecular formula is C20H20F3N3O5. The predicted molar refractivity (Wildman–Crippen MR) is 105 cm³/mol. The predicted octanol–water partition coefficient (Wildman–Crippen LogP) is 3.30. The van der Waals surface area contributed by atoms with Crippen molar-refractivity contribution >= 4 is 17.3 Å². The zero-order chi connectivity index (χ0) is 22.4. The van der Waals surface area contributed by atoms with Crippen molar-refractivity contribution in [1.82, 2.24) is 5.32 Å². The van der Waals surface area contributed by atoms with Gasteiger partial charge in [-0.2, -0.15) is 0 Å². The quantitative estimate of drug-likeness (QED) is 0.526. The molecule has 0 spiro atoms. The maximum atomic E-state index is 12.7. The third-order valence-electron chi connectivity index (χ3n) is 4.64. The number of carbonyl (C=O) groups excluding carboxylic acids is 1. The number of non-ortho nitro benzene ring substituents is 1. The van der Waals surface area contributed by atoms with E-state index in [1.165, 1.54) is 36.4 Å². The average Bonchev–Trinajstić information content (AvgIpc) is 2.74. The standard InChI is InChI=1S/C20H20F3N3O5/c21-20(22,23)31-16-4-1-14(2-5-16)7-8-24-19(27)17-13-15(26(28)29)3-6-18(17)25-9-11-30-12-10-25/h1-6,13H,7-12H2,(H,24,27). The lowest BCUT2D eigenvalue weighted by Crippen LogP contribution is -2.38. The number of anilines is 1. The van der Waals surface area contributed by atoms with Crippen LogP contribution in [0.2, 0.25) is 0 Å². The molecule has 8 nitrogen and oxygen atoms in total. The Balaban J connectivity index is 1.65. The van der Waals surface area contributed by atoms with Crippen LogP contribution in [-0.4, -0.2) is 50.0 Å². The number of ether oxygens (including phenoxy) is 2. The largest absolute Gasteiger partial charge is 0.573 e. The number of alkyl halides is 3. The summed E-state index contributed by atoms with van der Waals surface area (Å²) < 4.78 is 45.8. The molecule has 1 amide bonds. The molecule has 1 N–H and O–H groups in total. The van der Waals surface area contributed by atoms with Crippen molar-refractivity contribution in [1.29, 1.82) is 0 Å². The van der Waals surface area contributed by atoms with Crippen LogP contribution in [0.25, 0.3) is 0 Å². The third kappa shape index (κ3) is 6.32. The molecule has 0 unspecified atom stereocenters. The monoisotopic (exact) mass is 439 g/mol. The van der Waals surface area contributed by atoms with Gasteiger partial charge in [0.25, 0.3) is 11.6 Å². The molecular weight excluding hydrogens is 419 g/mol. The molecule has 2 aromatic carbocycles. The number of benzene rings is 2. The van der Waals surface area contributed by atoms with E-state index >= 15 is 0 Å². The fourth-order valence-corrected chi connectivity index (χ4v) is 3.17. The fraction of sp³-hybridized carbons (Fsp3) is 0.350. The van der Waals surface area contributed by atoms with Gasteiger partial charge < -0.3 is 19.7 Å². The number of hydrogen-bond donors (Lipinski definition) is 1. The molecule has 166 valence electrons. The van der Waals surface area contributed by atoms with E-state index in [2.05, 4.69) is 10.1 Å². The smallest absolute Gasteiger partial charge is 0.406 e. The molecule has 1 aliphatic rings. The minimum atomic E-state index is -4.76. The molecule has 2 aromatic rings. The summed E-state index contributed by atoms with van der Waals surface area (Å²) >= 11 is 0. The van der Waals surface area contributed by atoms with E-state index in [0.29, 0.717) is 44.0 Å². The van der Waals surface area contributed by atoms with Gasteiger partial charge in [0.1, 0.15) is 5.75 Å². The average molecular weight is 439 g/mol. The first kappa shape index (κ1) is 22.3. The number of amides is 1. The lowest BCUT2D eigenvalue weighted by atomic mass is 10.1. The van der Waals surface area contributed by atoms with Gasteiger partial charge in [0.05, 0.1) is 29.4 Å². The Labute approximate surface area is 175 Å². The molecule has 0 saturated carbocycles. The number of nitrogens with zero attached hydrogens (tertiary/aromatic N) is 2. The van der Waals surface area contributed by atoms with E-state index in [4.69, 9.17) is 4.74 Å². The SMILES string of the molecule is O=C(NCCc1ccc(OC(F)(F)F)cc1)c1cc([N+](=O)[O-])ccc1N1CCOCC1. The molecule has 1 heterocycles. The van der Waals surface area contributed by atoms with E-state index in [1.54, 1.807) is 6.07 Å². The van der Waals surface area contributed by atoms with Crippen molar-refractivity contribution in [2.45, 2.75) is 12.8 Å². The van der Waals surface area contributed by atoms with Crippen LogP contribution < -0.4 is 15.0 Å². The van der Waals surface area contributed by atoms with E-state index < -0.39 is 17.2 Å². The van der Waals surface area contributed by atoms with Crippen LogP contribution >= 0.6 is 0 Å². The van der Waals surface area contributed by atoms with E-state index in [9.17, 15) is 28.1 Å². The molecule has 31 heavy (non-hydrogen) atoms. The Hall–Kier alpha value is -3.34. The van der Waals surface area contributed by atoms with E-state index in [-0.39, 0.29) is 23.5 Å². The summed E-state index contributed by atoms with van der Waals surface area (Å²) in [6.07, 6.45) is -4.40. The molecule has 0 aliphatic carbocycles. The minimum absolute atomic E-state index is 0.185. The Kier molecular flexibility index (Phi) is 6.95. The Bertz CT molecular complexity index is 929. The van der Waals surface area contributed by atoms with Gasteiger partial charge in [-0.25, -0.2) is 0 Å². The molecule has 0 radical (unpaired) electrons. The van der Waals surface area contributed by atoms with Crippen molar-refractivity contribution in [2.24, 2.45) is 0 Å². The van der Waals surface area contributed by atoms with Crippen LogP contribution in [0.5, 0.6) is 5.75 Å². The molecule has 0 atom stereocenters. The first-order valence-electron chi connectivity index (χ1n) is 9.47. The van der Waals surface area contributed by atoms with Crippen LogP contribution in [0.3, 0.4) is 0 Å². The summed E-state index contributed by atoms with van der Waals surface area (Å²) in [6.45, 7) is 2.30. The van der Waals surface area contributed by atoms with Gasteiger partial charge in [0, 0.05) is 31.8 Å². The Morgan fingerprint density at radius 2 is 1.84 bits per heavy atom. The van der Waals surface area contributed by atoms with Gasteiger partial charge in [-0.05, 0) is 30.2 Å². The lowest BCUT2D eigenvalue weighted by molar-refractivity contribution is -0.384. The summed E-state index contributed by atoms with van der Waals surface area (Å²) in [4.78, 5) is 25.3. The highest BCUT2D eigenvalue weighted by Gasteiger charge is 2.31. The van der Waals surface area contributed by atoms with Crippen molar-refractivity contribution < 1.29 is 32.4 Å². The van der Waals surface area contributed by atoms with Crippen LogP contribution in [0, 0.1) is 10.1 Å². The second-order valence-corrected chi connectivity index (χ2v) is 6.76. The number of carbonyl (C=O) groups is 1. The van der Waals surface area contributed by atoms with Gasteiger partial charge in [0.2, 0.25) is 0 Å². The Morgan fingerprint density at radius 3 is 2.45 bits per heavy atom. The number of halogens is 3. The van der Waals surface area contributed by atoms with Crippen molar-refractivity contribution in [3.8, 4) is 5.75 Å². The van der Waals surface area contributed by atoms with E-state index in [1.807, 2.05) is 4.90 Å². The van der Waals surface area contributed by atoms with Crippen molar-refractivity contribution in [2.75, 3.05) is 37.7 Å². The van der Waals surface area contributed by atoms with Crippen molar-refractivity contribution in [3.63, 3.8) is 0 Å². The molecule has 0 bridgehead atoms. The molecule has 1 aliphatic heterocycles. The zero-order valence-corrected chi connectivity index (χ0v) is 16.4. The first-order valence-corrected chi connectivity index (χ1v) is 9.47. The Morgan fingerprint density at radius 1 is 1.16 bits per heavy atom. The number of nitro benzene ring substituents is 1. The minimum Gasteiger partial charge on any atom is -0.406 e. The maximum absolute atomic E-state index is 12.7. The first-order chi connectivity index (χ1) is 14.7. The van der Waals surface area contributed by atoms with Gasteiger partial charge in [-0.15, -0.1) is 13.2 Å². The molecule has 1 saturated heterocycles. The summed E-state index contributed by atoms with van der Waals surface area (Å²) in [5, 5.41) is 13.9. The number of nitro groups is 1. The van der Waals surface area contributed by atoms with Crippen LogP contribution in [0.4, 0.5) is 24.5 Å². The summed E-state index contributed by atoms with van der Waals surface area (Å²) in [5.41, 5.74) is 1.27. The van der Waals surface area contributed by atoms with Gasteiger partial charge in [-0.3, -0.25) is 14.9 Å². The van der Waals surface area contributed by atoms with E-state index in [0.717, 1.165) is 0 Å². The fourth-order valence-electron chi connectivity index (χ4n) is 3.17. The number of rotatable bonds is 7. The number of morpholine rings is 1. The highest BCUT2D eigenvalue weighted by molar-refractivity contribution is 6.00. The lowest BCUT2D eigenvalue weighted by Gasteiger charge is -2.30. The zero-order valence-electron chi connectivity index (χ0n) is 16.4. The number of nitrogens with one attached hydrogen (secondary N) is 1. The number of hydrogen-bond acceptors (Lipinski definition) is 6. The van der Waals surface area contributed by atoms with Gasteiger partial charge in [0.15, 0.2) is 0 Å². The second kappa shape index (κ2) is 9.65. The van der Waals surface area contributed by atoms with Crippen LogP contribution in [-0.2, 0) is 11.2 Å². The van der Waals surface area contributed by atoms with Gasteiger partial charge in [-0.1, -0.05) is 12.1 Å². The highest BCUT2D eigenvalue weighted by Crippen LogP contribution is 2.26. The highest BCUT2D eigenvalue weighted by atomic mass is 19.4. The molecule has 0 aromatic heterocycles. The van der Waals surface area contributed by atoms with Crippen LogP contribution in [0.1, 0.15) is 15.9 Å². The maximum Gasteiger partial charge on any atom is 0.573 e. The third-order valence-corrected chi connectivity index (χ3v) is 4.64. The normalized spacial score (nSPS) is 14.2. The topological polar surface area (TPSA) is 93.9 Å². The van der Waals surface area contributed by atoms with Crippen LogP contribution in [0.15, 0.2) is 42.5 Å². The second-order valence-electron chi connectivity index (χ2n) is 6.76. The van der Waals surface area contributed by atoms with Crippen molar-refractivity contribution in [3.05, 3.63) is 63.7 Å². The molecule has 3 rings (SSSR count). The summed E-state index contributed by atoms with van der Waals surface area (Å²) in [6, 6.07) is 9.48. The molecule has 11 heteroatoms.